The Kier molecular flexibility index (Phi) is 10.4. The van der Waals surface area contributed by atoms with Crippen molar-refractivity contribution >= 4 is 12.0 Å². The van der Waals surface area contributed by atoms with Crippen molar-refractivity contribution < 1.29 is 19.1 Å². The van der Waals surface area contributed by atoms with E-state index in [1.165, 1.54) is 0 Å². The van der Waals surface area contributed by atoms with Crippen LogP contribution in [0.5, 0.6) is 0 Å². The van der Waals surface area contributed by atoms with Crippen LogP contribution in [0.15, 0.2) is 30.3 Å². The molecule has 36 heavy (non-hydrogen) atoms. The molecule has 0 unspecified atom stereocenters. The number of nitrogens with zero attached hydrogens (tertiary/aromatic N) is 4. The number of amides is 2. The van der Waals surface area contributed by atoms with Gasteiger partial charge in [-0.3, -0.25) is 4.79 Å². The molecule has 2 rings (SSSR count). The molecule has 0 aliphatic heterocycles. The molecule has 0 spiro atoms. The summed E-state index contributed by atoms with van der Waals surface area (Å²) in [4.78, 5) is 25.2. The van der Waals surface area contributed by atoms with Gasteiger partial charge in [-0.1, -0.05) is 44.2 Å². The van der Waals surface area contributed by atoms with Crippen LogP contribution in [-0.2, 0) is 20.8 Å². The fourth-order valence-corrected chi connectivity index (χ4v) is 3.43. The third kappa shape index (κ3) is 10.7. The molecule has 1 heterocycles. The molecule has 0 saturated carbocycles. The summed E-state index contributed by atoms with van der Waals surface area (Å²) in [6, 6.07) is 9.11. The summed E-state index contributed by atoms with van der Waals surface area (Å²) < 4.78 is 13.0. The first-order valence-corrected chi connectivity index (χ1v) is 12.5. The van der Waals surface area contributed by atoms with E-state index < -0.39 is 23.3 Å². The summed E-state index contributed by atoms with van der Waals surface area (Å²) in [5.41, 5.74) is 0.0502. The summed E-state index contributed by atoms with van der Waals surface area (Å²) in [7, 11) is 0. The van der Waals surface area contributed by atoms with Gasteiger partial charge in [0.15, 0.2) is 5.82 Å². The van der Waals surface area contributed by atoms with Crippen molar-refractivity contribution in [3.63, 3.8) is 0 Å². The minimum atomic E-state index is -0.590. The van der Waals surface area contributed by atoms with Crippen LogP contribution in [0.3, 0.4) is 0 Å². The van der Waals surface area contributed by atoms with Crippen molar-refractivity contribution in [3.05, 3.63) is 41.7 Å². The molecule has 1 aromatic carbocycles. The molecule has 0 aliphatic carbocycles. The highest BCUT2D eigenvalue weighted by molar-refractivity contribution is 5.76. The van der Waals surface area contributed by atoms with Crippen LogP contribution in [0.25, 0.3) is 0 Å². The van der Waals surface area contributed by atoms with E-state index in [1.54, 1.807) is 4.68 Å². The summed E-state index contributed by atoms with van der Waals surface area (Å²) in [6.45, 7) is 16.0. The van der Waals surface area contributed by atoms with Crippen molar-refractivity contribution in [1.82, 2.24) is 30.8 Å². The molecule has 0 radical (unpaired) electrons. The lowest BCUT2D eigenvalue weighted by molar-refractivity contribution is -0.123. The van der Waals surface area contributed by atoms with E-state index in [9.17, 15) is 9.59 Å². The van der Waals surface area contributed by atoms with Gasteiger partial charge in [-0.15, -0.1) is 5.10 Å². The molecule has 0 aliphatic rings. The van der Waals surface area contributed by atoms with Crippen molar-refractivity contribution in [2.75, 3.05) is 6.61 Å². The Bertz CT molecular complexity index is 963. The number of tetrazole rings is 1. The zero-order valence-corrected chi connectivity index (χ0v) is 22.9. The summed E-state index contributed by atoms with van der Waals surface area (Å²) >= 11 is 0. The zero-order valence-electron chi connectivity index (χ0n) is 22.9. The molecular formula is C26H42N6O4. The second-order valence-electron chi connectivity index (χ2n) is 11.3. The molecule has 2 amide bonds. The maximum Gasteiger partial charge on any atom is 0.407 e. The van der Waals surface area contributed by atoms with Gasteiger partial charge in [0.05, 0.1) is 18.8 Å². The first-order chi connectivity index (χ1) is 16.7. The second kappa shape index (κ2) is 12.8. The number of rotatable bonds is 11. The van der Waals surface area contributed by atoms with Crippen molar-refractivity contribution in [2.24, 2.45) is 5.92 Å². The average molecular weight is 503 g/mol. The largest absolute Gasteiger partial charge is 0.444 e. The van der Waals surface area contributed by atoms with Gasteiger partial charge in [0.2, 0.25) is 5.91 Å². The normalized spacial score (nSPS) is 13.8. The Morgan fingerprint density at radius 3 is 2.25 bits per heavy atom. The Hall–Kier alpha value is -3.01. The van der Waals surface area contributed by atoms with Gasteiger partial charge >= 0.3 is 6.09 Å². The van der Waals surface area contributed by atoms with E-state index in [2.05, 4.69) is 26.2 Å². The van der Waals surface area contributed by atoms with Gasteiger partial charge in [-0.25, -0.2) is 9.48 Å². The van der Waals surface area contributed by atoms with Crippen molar-refractivity contribution in [3.8, 4) is 0 Å². The zero-order chi connectivity index (χ0) is 26.9. The number of nitrogens with one attached hydrogen (secondary N) is 2. The van der Waals surface area contributed by atoms with Crippen LogP contribution in [0.1, 0.15) is 85.7 Å². The molecule has 1 aromatic heterocycles. The summed E-state index contributed by atoms with van der Waals surface area (Å²) in [5, 5.41) is 18.1. The van der Waals surface area contributed by atoms with Crippen LogP contribution in [0.4, 0.5) is 4.79 Å². The number of hydrogen-bond acceptors (Lipinski definition) is 7. The maximum atomic E-state index is 13.0. The quantitative estimate of drug-likeness (QED) is 0.476. The van der Waals surface area contributed by atoms with Gasteiger partial charge in [0.1, 0.15) is 11.6 Å². The van der Waals surface area contributed by atoms with Gasteiger partial charge in [-0.05, 0) is 69.9 Å². The third-order valence-corrected chi connectivity index (χ3v) is 5.25. The molecule has 10 nitrogen and oxygen atoms in total. The van der Waals surface area contributed by atoms with Gasteiger partial charge in [0, 0.05) is 12.5 Å². The Morgan fingerprint density at radius 1 is 1.00 bits per heavy atom. The van der Waals surface area contributed by atoms with Crippen LogP contribution in [0, 0.1) is 5.92 Å². The third-order valence-electron chi connectivity index (χ3n) is 5.25. The first kappa shape index (κ1) is 29.2. The molecule has 0 saturated heterocycles. The highest BCUT2D eigenvalue weighted by Crippen LogP contribution is 2.17. The van der Waals surface area contributed by atoms with E-state index in [4.69, 9.17) is 9.47 Å². The summed E-state index contributed by atoms with van der Waals surface area (Å²) in [5.74, 6) is 0.468. The Morgan fingerprint density at radius 2 is 1.67 bits per heavy atom. The second-order valence-corrected chi connectivity index (χ2v) is 11.3. The molecule has 0 fully saturated rings. The molecule has 10 heteroatoms. The van der Waals surface area contributed by atoms with Crippen LogP contribution >= 0.6 is 0 Å². The predicted molar refractivity (Wildman–Crippen MR) is 137 cm³/mol. The minimum Gasteiger partial charge on any atom is -0.444 e. The predicted octanol–water partition coefficient (Wildman–Crippen LogP) is 4.02. The first-order valence-electron chi connectivity index (χ1n) is 12.5. The lowest BCUT2D eigenvalue weighted by atomic mass is 9.99. The van der Waals surface area contributed by atoms with Crippen molar-refractivity contribution in [1.29, 1.82) is 0 Å². The van der Waals surface area contributed by atoms with E-state index in [-0.39, 0.29) is 30.9 Å². The number of carbonyl (C=O) groups excluding carboxylic acids is 2. The highest BCUT2D eigenvalue weighted by atomic mass is 16.6. The molecule has 0 bridgehead atoms. The standard InChI is InChI=1S/C26H42N6O4/c1-18(2)20(28-24(34)36-26(6,7)8)14-15-22(33)27-21(17-35-25(3,4)5)23-29-30-31-32(23)16-19-12-10-9-11-13-19/h9-13,18,20-21H,14-17H2,1-8H3,(H,27,33)(H,28,34)/t20-,21-/m0/s1. The summed E-state index contributed by atoms with van der Waals surface area (Å²) in [6.07, 6.45) is 0.188. The molecule has 2 aromatic rings. The SMILES string of the molecule is CC(C)[C@H](CCC(=O)N[C@@H](COC(C)(C)C)c1nnnn1Cc1ccccc1)NC(=O)OC(C)(C)C. The fraction of sp³-hybridized carbons (Fsp3) is 0.654. The molecular weight excluding hydrogens is 460 g/mol. The number of alkyl carbamates (subject to hydrolysis) is 1. The molecule has 2 N–H and O–H groups in total. The number of ether oxygens (including phenoxy) is 2. The topological polar surface area (TPSA) is 120 Å². The van der Waals surface area contributed by atoms with Crippen LogP contribution < -0.4 is 10.6 Å². The monoisotopic (exact) mass is 502 g/mol. The Labute approximate surface area is 214 Å². The van der Waals surface area contributed by atoms with E-state index in [0.29, 0.717) is 18.8 Å². The minimum absolute atomic E-state index is 0.128. The van der Waals surface area contributed by atoms with Gasteiger partial charge in [-0.2, -0.15) is 0 Å². The highest BCUT2D eigenvalue weighted by Gasteiger charge is 2.26. The van der Waals surface area contributed by atoms with Crippen LogP contribution in [-0.4, -0.2) is 56.1 Å². The van der Waals surface area contributed by atoms with E-state index in [0.717, 1.165) is 5.56 Å². The van der Waals surface area contributed by atoms with Crippen molar-refractivity contribution in [2.45, 2.75) is 98.1 Å². The van der Waals surface area contributed by atoms with E-state index in [1.807, 2.05) is 85.7 Å². The average Bonchev–Trinajstić information content (AvgIpc) is 3.20. The number of hydrogen-bond donors (Lipinski definition) is 2. The Balaban J connectivity index is 2.08. The molecule has 200 valence electrons. The maximum absolute atomic E-state index is 13.0. The smallest absolute Gasteiger partial charge is 0.407 e. The van der Waals surface area contributed by atoms with Crippen LogP contribution in [0.2, 0.25) is 0 Å². The lowest BCUT2D eigenvalue weighted by Crippen LogP contribution is -2.42. The lowest BCUT2D eigenvalue weighted by Gasteiger charge is -2.26. The fourth-order valence-electron chi connectivity index (χ4n) is 3.43. The van der Waals surface area contributed by atoms with E-state index >= 15 is 0 Å². The number of benzene rings is 1. The number of aromatic nitrogens is 4. The number of carbonyl (C=O) groups is 2. The van der Waals surface area contributed by atoms with Gasteiger partial charge in [0.25, 0.3) is 0 Å². The molecule has 2 atom stereocenters. The van der Waals surface area contributed by atoms with Gasteiger partial charge < -0.3 is 20.1 Å².